The third-order valence-corrected chi connectivity index (χ3v) is 6.94. The van der Waals surface area contributed by atoms with Gasteiger partial charge in [0.1, 0.15) is 0 Å². The number of hydrogen-bond donors (Lipinski definition) is 2. The first kappa shape index (κ1) is 19.9. The van der Waals surface area contributed by atoms with Crippen molar-refractivity contribution in [3.8, 4) is 0 Å². The Morgan fingerprint density at radius 2 is 1.77 bits per heavy atom. The maximum atomic E-state index is 13.4. The van der Waals surface area contributed by atoms with E-state index in [1.54, 1.807) is 0 Å². The van der Waals surface area contributed by atoms with Gasteiger partial charge in [-0.15, -0.1) is 0 Å². The van der Waals surface area contributed by atoms with Crippen LogP contribution in [0.2, 0.25) is 0 Å². The Morgan fingerprint density at radius 3 is 2.68 bits per heavy atom. The van der Waals surface area contributed by atoms with Gasteiger partial charge in [-0.2, -0.15) is 0 Å². The molecule has 0 saturated heterocycles. The van der Waals surface area contributed by atoms with Gasteiger partial charge >= 0.3 is 0 Å². The first-order chi connectivity index (χ1) is 15.2. The van der Waals surface area contributed by atoms with Crippen LogP contribution >= 0.6 is 0 Å². The van der Waals surface area contributed by atoms with Crippen molar-refractivity contribution in [2.45, 2.75) is 38.5 Å². The van der Waals surface area contributed by atoms with Crippen LogP contribution in [-0.4, -0.2) is 29.9 Å². The fourth-order valence-corrected chi connectivity index (χ4v) is 5.30. The molecule has 0 radical (unpaired) electrons. The molecule has 2 amide bonds. The van der Waals surface area contributed by atoms with Gasteiger partial charge in [-0.3, -0.25) is 9.59 Å². The van der Waals surface area contributed by atoms with Crippen LogP contribution in [0.15, 0.2) is 54.7 Å². The van der Waals surface area contributed by atoms with Gasteiger partial charge in [0.2, 0.25) is 11.8 Å². The van der Waals surface area contributed by atoms with Gasteiger partial charge < -0.3 is 15.2 Å². The topological polar surface area (TPSA) is 65.2 Å². The van der Waals surface area contributed by atoms with Crippen molar-refractivity contribution in [3.63, 3.8) is 0 Å². The number of aromatic nitrogens is 1. The minimum Gasteiger partial charge on any atom is -0.361 e. The molecule has 5 rings (SSSR count). The van der Waals surface area contributed by atoms with Crippen molar-refractivity contribution in [1.82, 2.24) is 10.3 Å². The van der Waals surface area contributed by atoms with E-state index in [-0.39, 0.29) is 23.7 Å². The summed E-state index contributed by atoms with van der Waals surface area (Å²) in [5.74, 6) is -0.281. The van der Waals surface area contributed by atoms with Crippen molar-refractivity contribution in [1.29, 1.82) is 0 Å². The van der Waals surface area contributed by atoms with Crippen LogP contribution in [0.4, 0.5) is 5.69 Å². The van der Waals surface area contributed by atoms with Crippen LogP contribution < -0.4 is 10.2 Å². The molecule has 5 nitrogen and oxygen atoms in total. The second-order valence-electron chi connectivity index (χ2n) is 8.77. The normalized spacial score (nSPS) is 20.6. The van der Waals surface area contributed by atoms with Crippen molar-refractivity contribution >= 4 is 28.4 Å². The highest BCUT2D eigenvalue weighted by molar-refractivity contribution is 5.99. The zero-order valence-corrected chi connectivity index (χ0v) is 17.8. The molecule has 1 aliphatic carbocycles. The number of rotatable bonds is 5. The Bertz CT molecular complexity index is 1100. The summed E-state index contributed by atoms with van der Waals surface area (Å²) in [7, 11) is 0. The Kier molecular flexibility index (Phi) is 5.49. The number of hydrogen-bond acceptors (Lipinski definition) is 2. The zero-order valence-electron chi connectivity index (χ0n) is 17.8. The summed E-state index contributed by atoms with van der Waals surface area (Å²) in [6, 6.07) is 16.4. The van der Waals surface area contributed by atoms with Crippen LogP contribution in [0.3, 0.4) is 0 Å². The predicted octanol–water partition coefficient (Wildman–Crippen LogP) is 4.22. The van der Waals surface area contributed by atoms with E-state index in [1.165, 1.54) is 16.5 Å². The lowest BCUT2D eigenvalue weighted by molar-refractivity contribution is -0.135. The van der Waals surface area contributed by atoms with Crippen LogP contribution in [0.5, 0.6) is 0 Å². The number of nitrogens with zero attached hydrogens (tertiary/aromatic N) is 1. The molecule has 0 spiro atoms. The van der Waals surface area contributed by atoms with Gasteiger partial charge in [0.05, 0.1) is 5.92 Å². The summed E-state index contributed by atoms with van der Waals surface area (Å²) in [4.78, 5) is 31.7. The smallest absolute Gasteiger partial charge is 0.230 e. The molecule has 5 heteroatoms. The van der Waals surface area contributed by atoms with Crippen molar-refractivity contribution in [2.24, 2.45) is 11.8 Å². The third kappa shape index (κ3) is 3.85. The van der Waals surface area contributed by atoms with Crippen LogP contribution in [0, 0.1) is 11.8 Å². The number of amides is 2. The molecule has 0 bridgehead atoms. The lowest BCUT2D eigenvalue weighted by Crippen LogP contribution is -2.45. The summed E-state index contributed by atoms with van der Waals surface area (Å²) in [5, 5.41) is 4.33. The van der Waals surface area contributed by atoms with E-state index in [1.807, 2.05) is 41.4 Å². The number of nitrogens with one attached hydrogen (secondary N) is 2. The predicted molar refractivity (Wildman–Crippen MR) is 123 cm³/mol. The highest BCUT2D eigenvalue weighted by atomic mass is 16.2. The van der Waals surface area contributed by atoms with E-state index < -0.39 is 0 Å². The second-order valence-corrected chi connectivity index (χ2v) is 8.77. The highest BCUT2D eigenvalue weighted by Crippen LogP contribution is 2.36. The average molecular weight is 416 g/mol. The largest absolute Gasteiger partial charge is 0.361 e. The number of benzene rings is 2. The maximum Gasteiger partial charge on any atom is 0.230 e. The van der Waals surface area contributed by atoms with Gasteiger partial charge in [-0.1, -0.05) is 49.2 Å². The fourth-order valence-electron chi connectivity index (χ4n) is 5.30. The summed E-state index contributed by atoms with van der Waals surface area (Å²) in [5.41, 5.74) is 4.58. The molecule has 1 saturated carbocycles. The Morgan fingerprint density at radius 1 is 1.00 bits per heavy atom. The minimum atomic E-state index is -0.225. The van der Waals surface area contributed by atoms with E-state index in [4.69, 9.17) is 0 Å². The molecular weight excluding hydrogens is 386 g/mol. The first-order valence-electron chi connectivity index (χ1n) is 11.4. The Hall–Kier alpha value is -3.08. The molecule has 2 aliphatic rings. The van der Waals surface area contributed by atoms with Gasteiger partial charge in [-0.25, -0.2) is 0 Å². The molecule has 1 fully saturated rings. The van der Waals surface area contributed by atoms with E-state index in [9.17, 15) is 9.59 Å². The van der Waals surface area contributed by atoms with E-state index in [2.05, 4.69) is 28.5 Å². The summed E-state index contributed by atoms with van der Waals surface area (Å²) in [6.45, 7) is 1.31. The molecule has 0 unspecified atom stereocenters. The van der Waals surface area contributed by atoms with Gasteiger partial charge in [0.25, 0.3) is 0 Å². The number of anilines is 1. The van der Waals surface area contributed by atoms with Crippen LogP contribution in [0.1, 0.15) is 36.8 Å². The molecule has 160 valence electrons. The third-order valence-electron chi connectivity index (χ3n) is 6.94. The highest BCUT2D eigenvalue weighted by Gasteiger charge is 2.39. The molecule has 1 aromatic heterocycles. The molecular formula is C26H29N3O2. The minimum absolute atomic E-state index is 0.0328. The second kappa shape index (κ2) is 8.58. The lowest BCUT2D eigenvalue weighted by atomic mass is 9.77. The summed E-state index contributed by atoms with van der Waals surface area (Å²) >= 11 is 0. The molecule has 2 atom stereocenters. The maximum absolute atomic E-state index is 13.4. The van der Waals surface area contributed by atoms with E-state index in [0.717, 1.165) is 56.3 Å². The zero-order chi connectivity index (χ0) is 21.2. The molecule has 2 N–H and O–H groups in total. The number of H-pyrrole nitrogens is 1. The monoisotopic (exact) mass is 415 g/mol. The molecule has 2 aromatic carbocycles. The van der Waals surface area contributed by atoms with E-state index >= 15 is 0 Å². The van der Waals surface area contributed by atoms with E-state index in [0.29, 0.717) is 6.54 Å². The summed E-state index contributed by atoms with van der Waals surface area (Å²) < 4.78 is 0. The Balaban J connectivity index is 1.24. The number of carbonyl (C=O) groups is 2. The van der Waals surface area contributed by atoms with Crippen molar-refractivity contribution < 1.29 is 9.59 Å². The van der Waals surface area contributed by atoms with Gasteiger partial charge in [-0.05, 0) is 48.9 Å². The lowest BCUT2D eigenvalue weighted by Gasteiger charge is -2.32. The van der Waals surface area contributed by atoms with Crippen molar-refractivity contribution in [2.75, 3.05) is 18.0 Å². The van der Waals surface area contributed by atoms with Crippen LogP contribution in [-0.2, 0) is 22.4 Å². The van der Waals surface area contributed by atoms with Gasteiger partial charge in [0.15, 0.2) is 0 Å². The summed E-state index contributed by atoms with van der Waals surface area (Å²) in [6.07, 6.45) is 7.33. The molecule has 2 heterocycles. The number of carbonyl (C=O) groups excluding carboxylic acids is 2. The standard InChI is InChI=1S/C26H29N3O2/c30-25(27-15-13-19-17-28-23-11-5-4-8-20(19)23)21-9-2-3-10-22(21)26(31)29-16-14-18-7-1-6-12-24(18)29/h1,4-8,11-12,17,21-22,28H,2-3,9-10,13-16H2,(H,27,30)/t21-,22-/m1/s1. The van der Waals surface area contributed by atoms with Crippen molar-refractivity contribution in [3.05, 3.63) is 65.9 Å². The quantitative estimate of drug-likeness (QED) is 0.655. The first-order valence-corrected chi connectivity index (χ1v) is 11.4. The molecule has 31 heavy (non-hydrogen) atoms. The Labute approximate surface area is 182 Å². The molecule has 1 aliphatic heterocycles. The fraction of sp³-hybridized carbons (Fsp3) is 0.385. The SMILES string of the molecule is O=C(NCCc1c[nH]c2ccccc12)[C@@H]1CCCC[C@H]1C(=O)N1CCc2ccccc21. The number of aromatic amines is 1. The molecule has 3 aromatic rings. The number of para-hydroxylation sites is 2. The number of fused-ring (bicyclic) bond motifs is 2. The van der Waals surface area contributed by atoms with Gasteiger partial charge in [0, 0.05) is 41.8 Å². The average Bonchev–Trinajstić information content (AvgIpc) is 3.43. The van der Waals surface area contributed by atoms with Crippen LogP contribution in [0.25, 0.3) is 10.9 Å².